The topological polar surface area (TPSA) is 11.4 Å². The SMILES string of the molecule is Cc1cccc(N(c2ccc(-c3ccc4c(c3)C(C)(C)c3ccccc3-4)cc2)c2ccc(-c3cc4c5c(c3)c3c6n5C5=C(C=CCC5C4(C)C)C(C)(C)C=6CC(c4ccc(N(c5ccc(-c6ccc7c(c6)C(C)(C)c6ccccc6-7)cc5)c5cccc(C)c5)cc4)C=3)cc2)c1. The van der Waals surface area contributed by atoms with Crippen molar-refractivity contribution in [1.29, 1.82) is 0 Å². The molecule has 0 saturated heterocycles. The van der Waals surface area contributed by atoms with Gasteiger partial charge < -0.3 is 14.4 Å². The summed E-state index contributed by atoms with van der Waals surface area (Å²) in [5.41, 5.74) is 36.1. The van der Waals surface area contributed by atoms with E-state index in [1.165, 1.54) is 133 Å². The van der Waals surface area contributed by atoms with E-state index in [-0.39, 0.29) is 27.6 Å². The summed E-state index contributed by atoms with van der Waals surface area (Å²) >= 11 is 0. The van der Waals surface area contributed by atoms with E-state index in [2.05, 4.69) is 344 Å². The molecule has 2 aliphatic heterocycles. The lowest BCUT2D eigenvalue weighted by molar-refractivity contribution is 0.366. The number of hydrogen-bond acceptors (Lipinski definition) is 2. The first-order chi connectivity index (χ1) is 45.9. The van der Waals surface area contributed by atoms with E-state index in [1.54, 1.807) is 5.57 Å². The highest BCUT2D eigenvalue weighted by Gasteiger charge is 2.49. The number of nitrogens with zero attached hydrogens (tertiary/aromatic N) is 3. The summed E-state index contributed by atoms with van der Waals surface area (Å²) in [5.74, 6) is 0.546. The number of anilines is 6. The molecule has 3 heterocycles. The van der Waals surface area contributed by atoms with Gasteiger partial charge in [-0.2, -0.15) is 0 Å². The van der Waals surface area contributed by atoms with E-state index >= 15 is 0 Å². The second-order valence-corrected chi connectivity index (χ2v) is 30.3. The standard InChI is InChI=1S/C92H79N3/c1-56-18-15-20-70(48-56)93(66-38-28-58(29-39-66)62-36-46-74-72-22-11-13-24-78(72)89(3,4)82(74)52-62)68-42-32-60(33-43-68)64-50-76-77-51-65(55-85-87(77)95-86(76)84(54-64)91(7,8)80-26-17-27-81(88(80)95)92(85,9)10)61-34-44-69(45-35-61)94(71-21-16-19-57(2)49-71)67-40-30-59(31-41-67)63-37-47-75-73-23-12-14-25-79(73)90(5,6)83(75)53-63/h11-26,28-53,55,64,81H,27,54H2,1-10H3. The van der Waals surface area contributed by atoms with E-state index in [0.29, 0.717) is 5.92 Å². The van der Waals surface area contributed by atoms with Gasteiger partial charge in [0.25, 0.3) is 0 Å². The fourth-order valence-electron chi connectivity index (χ4n) is 18.1. The maximum absolute atomic E-state index is 2.77. The van der Waals surface area contributed by atoms with Gasteiger partial charge in [-0.25, -0.2) is 0 Å². The molecule has 0 amide bonds. The lowest BCUT2D eigenvalue weighted by Crippen LogP contribution is -2.48. The Labute approximate surface area is 560 Å². The molecule has 0 bridgehead atoms. The van der Waals surface area contributed by atoms with Crippen LogP contribution in [0.4, 0.5) is 34.1 Å². The molecular formula is C92H79N3. The molecule has 6 aliphatic rings. The van der Waals surface area contributed by atoms with Crippen LogP contribution in [-0.4, -0.2) is 4.57 Å². The monoisotopic (exact) mass is 1230 g/mol. The third kappa shape index (κ3) is 8.56. The number of aryl methyl sites for hydroxylation is 2. The molecule has 0 saturated carbocycles. The molecule has 0 radical (unpaired) electrons. The molecule has 95 heavy (non-hydrogen) atoms. The van der Waals surface area contributed by atoms with Gasteiger partial charge in [0.05, 0.1) is 10.9 Å². The minimum absolute atomic E-state index is 0.0532. The minimum Gasteiger partial charge on any atom is -0.312 e. The maximum Gasteiger partial charge on any atom is 0.0576 e. The van der Waals surface area contributed by atoms with E-state index < -0.39 is 0 Å². The Morgan fingerprint density at radius 3 is 1.35 bits per heavy atom. The van der Waals surface area contributed by atoms with Gasteiger partial charge >= 0.3 is 0 Å². The molecular weight excluding hydrogens is 1150 g/mol. The van der Waals surface area contributed by atoms with Gasteiger partial charge in [0.2, 0.25) is 0 Å². The summed E-state index contributed by atoms with van der Waals surface area (Å²) in [7, 11) is 0. The number of rotatable bonds is 10. The van der Waals surface area contributed by atoms with Gasteiger partial charge in [-0.15, -0.1) is 0 Å². The van der Waals surface area contributed by atoms with Crippen molar-refractivity contribution in [3.8, 4) is 55.6 Å². The van der Waals surface area contributed by atoms with Crippen LogP contribution in [0.2, 0.25) is 0 Å². The molecule has 3 heteroatoms. The fourth-order valence-corrected chi connectivity index (χ4v) is 18.1. The molecule has 2 unspecified atom stereocenters. The Morgan fingerprint density at radius 1 is 0.389 bits per heavy atom. The van der Waals surface area contributed by atoms with Crippen molar-refractivity contribution in [2.75, 3.05) is 9.80 Å². The lowest BCUT2D eigenvalue weighted by Gasteiger charge is -2.48. The minimum atomic E-state index is -0.146. The largest absolute Gasteiger partial charge is 0.312 e. The highest BCUT2D eigenvalue weighted by molar-refractivity contribution is 5.99. The average molecular weight is 1230 g/mol. The number of aromatic nitrogens is 1. The van der Waals surface area contributed by atoms with Crippen molar-refractivity contribution in [2.24, 2.45) is 11.3 Å². The van der Waals surface area contributed by atoms with E-state index in [4.69, 9.17) is 0 Å². The Kier molecular flexibility index (Phi) is 12.5. The van der Waals surface area contributed by atoms with Gasteiger partial charge in [-0.3, -0.25) is 0 Å². The first-order valence-corrected chi connectivity index (χ1v) is 34.4. The van der Waals surface area contributed by atoms with E-state index in [0.717, 1.165) is 47.0 Å². The molecule has 4 aliphatic carbocycles. The number of fused-ring (bicyclic) bond motifs is 7. The van der Waals surface area contributed by atoms with Gasteiger partial charge in [0.15, 0.2) is 0 Å². The Balaban J connectivity index is 0.705. The highest BCUT2D eigenvalue weighted by atomic mass is 15.1. The van der Waals surface area contributed by atoms with Crippen LogP contribution >= 0.6 is 0 Å². The average Bonchev–Trinajstić information content (AvgIpc) is 1.55. The molecule has 0 N–H and O–H groups in total. The van der Waals surface area contributed by atoms with Gasteiger partial charge in [-0.1, -0.05) is 219 Å². The van der Waals surface area contributed by atoms with Gasteiger partial charge in [0, 0.05) is 83.9 Å². The van der Waals surface area contributed by atoms with Crippen LogP contribution < -0.4 is 20.4 Å². The molecule has 3 nitrogen and oxygen atoms in total. The van der Waals surface area contributed by atoms with Crippen molar-refractivity contribution in [3.05, 3.63) is 315 Å². The molecule has 462 valence electrons. The molecule has 12 aromatic rings. The highest BCUT2D eigenvalue weighted by Crippen LogP contribution is 2.58. The Morgan fingerprint density at radius 2 is 0.842 bits per heavy atom. The van der Waals surface area contributed by atoms with Crippen LogP contribution in [0.25, 0.3) is 83.9 Å². The lowest BCUT2D eigenvalue weighted by atomic mass is 9.61. The van der Waals surface area contributed by atoms with E-state index in [9.17, 15) is 0 Å². The Hall–Kier alpha value is -10.2. The fraction of sp³-hybridized carbons (Fsp3) is 0.196. The van der Waals surface area contributed by atoms with Gasteiger partial charge in [-0.05, 0) is 235 Å². The summed E-state index contributed by atoms with van der Waals surface area (Å²) in [6, 6.07) is 92.3. The molecule has 18 rings (SSSR count). The zero-order chi connectivity index (χ0) is 64.6. The summed E-state index contributed by atoms with van der Waals surface area (Å²) in [4.78, 5) is 4.85. The van der Waals surface area contributed by atoms with Crippen LogP contribution in [-0.2, 0) is 16.2 Å². The number of allylic oxidation sites excluding steroid dienone is 4. The third-order valence-electron chi connectivity index (χ3n) is 23.3. The van der Waals surface area contributed by atoms with Crippen LogP contribution in [0.1, 0.15) is 119 Å². The predicted octanol–water partition coefficient (Wildman–Crippen LogP) is 23.0. The molecule has 2 atom stereocenters. The van der Waals surface area contributed by atoms with Crippen molar-refractivity contribution in [1.82, 2.24) is 4.57 Å². The first kappa shape index (κ1) is 57.4. The normalized spacial score (nSPS) is 18.0. The zero-order valence-corrected chi connectivity index (χ0v) is 56.2. The van der Waals surface area contributed by atoms with E-state index in [1.807, 2.05) is 0 Å². The summed E-state index contributed by atoms with van der Waals surface area (Å²) < 4.78 is 2.77. The zero-order valence-electron chi connectivity index (χ0n) is 56.2. The second kappa shape index (κ2) is 20.6. The van der Waals surface area contributed by atoms with Crippen molar-refractivity contribution in [3.63, 3.8) is 0 Å². The van der Waals surface area contributed by atoms with Crippen LogP contribution in [0.15, 0.2) is 260 Å². The second-order valence-electron chi connectivity index (χ2n) is 30.3. The molecule has 11 aromatic carbocycles. The summed E-state index contributed by atoms with van der Waals surface area (Å²) in [6.45, 7) is 23.9. The first-order valence-electron chi connectivity index (χ1n) is 34.4. The van der Waals surface area contributed by atoms with Crippen LogP contribution in [0, 0.1) is 25.2 Å². The molecule has 0 spiro atoms. The maximum atomic E-state index is 2.77. The van der Waals surface area contributed by atoms with Crippen molar-refractivity contribution < 1.29 is 0 Å². The summed E-state index contributed by atoms with van der Waals surface area (Å²) in [6.07, 6.45) is 9.63. The number of hydrogen-bond donors (Lipinski definition) is 0. The molecule has 0 fully saturated rings. The van der Waals surface area contributed by atoms with Crippen LogP contribution in [0.3, 0.4) is 0 Å². The van der Waals surface area contributed by atoms with Crippen molar-refractivity contribution in [2.45, 2.75) is 104 Å². The van der Waals surface area contributed by atoms with Crippen molar-refractivity contribution >= 4 is 62.4 Å². The number of benzene rings is 11. The third-order valence-corrected chi connectivity index (χ3v) is 23.3. The van der Waals surface area contributed by atoms with Crippen LogP contribution in [0.5, 0.6) is 0 Å². The summed E-state index contributed by atoms with van der Waals surface area (Å²) in [5, 5.41) is 4.19. The smallest absolute Gasteiger partial charge is 0.0576 e. The predicted molar refractivity (Wildman–Crippen MR) is 400 cm³/mol. The quantitative estimate of drug-likeness (QED) is 0.135. The van der Waals surface area contributed by atoms with Gasteiger partial charge in [0.1, 0.15) is 0 Å². The molecule has 1 aromatic heterocycles. The Bertz CT molecular complexity index is 5430.